The normalized spacial score (nSPS) is 32.3. The van der Waals surface area contributed by atoms with Crippen molar-refractivity contribution in [3.8, 4) is 0 Å². The predicted octanol–water partition coefficient (Wildman–Crippen LogP) is 1.17. The van der Waals surface area contributed by atoms with Gasteiger partial charge in [0.05, 0.1) is 7.11 Å². The predicted molar refractivity (Wildman–Crippen MR) is 77.7 cm³/mol. The highest BCUT2D eigenvalue weighted by atomic mass is 16.5. The number of hydrogen-bond donors (Lipinski definition) is 1. The van der Waals surface area contributed by atoms with E-state index < -0.39 is 5.54 Å². The van der Waals surface area contributed by atoms with Crippen LogP contribution in [-0.2, 0) is 14.3 Å². The number of hydrogen-bond acceptors (Lipinski definition) is 5. The second-order valence-electron chi connectivity index (χ2n) is 6.08. The number of nitrogens with one attached hydrogen (secondary N) is 1. The molecule has 5 nitrogen and oxygen atoms in total. The van der Waals surface area contributed by atoms with Crippen LogP contribution in [0.1, 0.15) is 38.5 Å². The lowest BCUT2D eigenvalue weighted by Gasteiger charge is -2.44. The van der Waals surface area contributed by atoms with Crippen LogP contribution in [0.25, 0.3) is 0 Å². The minimum atomic E-state index is -0.503. The lowest BCUT2D eigenvalue weighted by molar-refractivity contribution is -0.151. The van der Waals surface area contributed by atoms with Gasteiger partial charge in [0.2, 0.25) is 0 Å². The average molecular weight is 284 g/mol. The molecule has 2 aliphatic rings. The van der Waals surface area contributed by atoms with Crippen molar-refractivity contribution < 1.29 is 14.3 Å². The lowest BCUT2D eigenvalue weighted by atomic mass is 9.78. The van der Waals surface area contributed by atoms with Crippen LogP contribution in [-0.4, -0.2) is 62.9 Å². The van der Waals surface area contributed by atoms with Crippen molar-refractivity contribution in [3.05, 3.63) is 0 Å². The zero-order valence-corrected chi connectivity index (χ0v) is 13.0. The molecule has 0 bridgehead atoms. The van der Waals surface area contributed by atoms with Crippen molar-refractivity contribution in [3.63, 3.8) is 0 Å². The van der Waals surface area contributed by atoms with Crippen molar-refractivity contribution in [1.82, 2.24) is 10.2 Å². The summed E-state index contributed by atoms with van der Waals surface area (Å²) in [6.07, 6.45) is 6.12. The first-order valence-electron chi connectivity index (χ1n) is 7.70. The summed E-state index contributed by atoms with van der Waals surface area (Å²) >= 11 is 0. The standard InChI is InChI=1S/C15H28N2O3/c1-16-15(14(18)19-3)8-4-5-13(11-15)17(2)12-6-9-20-10-7-12/h12-13,16H,4-11H2,1-3H3. The largest absolute Gasteiger partial charge is 0.468 e. The van der Waals surface area contributed by atoms with Crippen molar-refractivity contribution in [1.29, 1.82) is 0 Å². The Balaban J connectivity index is 2.03. The minimum Gasteiger partial charge on any atom is -0.468 e. The van der Waals surface area contributed by atoms with Gasteiger partial charge in [-0.25, -0.2) is 0 Å². The molecule has 0 amide bonds. The monoisotopic (exact) mass is 284 g/mol. The van der Waals surface area contributed by atoms with Crippen LogP contribution in [0.5, 0.6) is 0 Å². The molecule has 0 aromatic rings. The number of likely N-dealkylation sites (N-methyl/N-ethyl adjacent to an activating group) is 1. The van der Waals surface area contributed by atoms with Gasteiger partial charge in [0.1, 0.15) is 5.54 Å². The van der Waals surface area contributed by atoms with Crippen LogP contribution < -0.4 is 5.32 Å². The van der Waals surface area contributed by atoms with Gasteiger partial charge in [0.25, 0.3) is 0 Å². The van der Waals surface area contributed by atoms with Crippen molar-refractivity contribution >= 4 is 5.97 Å². The number of nitrogens with zero attached hydrogens (tertiary/aromatic N) is 1. The fraction of sp³-hybridized carbons (Fsp3) is 0.933. The highest BCUT2D eigenvalue weighted by Crippen LogP contribution is 2.33. The maximum Gasteiger partial charge on any atom is 0.326 e. The molecule has 0 aromatic heterocycles. The molecule has 1 N–H and O–H groups in total. The summed E-state index contributed by atoms with van der Waals surface area (Å²) < 4.78 is 10.5. The summed E-state index contributed by atoms with van der Waals surface area (Å²) in [5.74, 6) is -0.120. The van der Waals surface area contributed by atoms with Crippen LogP contribution in [0.2, 0.25) is 0 Å². The van der Waals surface area contributed by atoms with Gasteiger partial charge in [-0.05, 0) is 52.6 Å². The number of carbonyl (C=O) groups excluding carboxylic acids is 1. The number of ether oxygens (including phenoxy) is 2. The van der Waals surface area contributed by atoms with Gasteiger partial charge in [-0.15, -0.1) is 0 Å². The fourth-order valence-electron chi connectivity index (χ4n) is 3.69. The molecule has 1 aliphatic heterocycles. The second-order valence-corrected chi connectivity index (χ2v) is 6.08. The average Bonchev–Trinajstić information content (AvgIpc) is 2.54. The number of carbonyl (C=O) groups is 1. The van der Waals surface area contributed by atoms with Crippen LogP contribution in [0.15, 0.2) is 0 Å². The van der Waals surface area contributed by atoms with Gasteiger partial charge >= 0.3 is 5.97 Å². The van der Waals surface area contributed by atoms with Crippen LogP contribution in [0, 0.1) is 0 Å². The third-order valence-electron chi connectivity index (χ3n) is 5.12. The number of methoxy groups -OCH3 is 1. The van der Waals surface area contributed by atoms with E-state index in [0.29, 0.717) is 12.1 Å². The molecule has 20 heavy (non-hydrogen) atoms. The first kappa shape index (κ1) is 15.7. The molecule has 1 saturated carbocycles. The van der Waals surface area contributed by atoms with Crippen molar-refractivity contribution in [2.45, 2.75) is 56.1 Å². The van der Waals surface area contributed by atoms with Gasteiger partial charge in [-0.3, -0.25) is 4.79 Å². The summed E-state index contributed by atoms with van der Waals surface area (Å²) in [6.45, 7) is 1.71. The van der Waals surface area contributed by atoms with E-state index in [1.165, 1.54) is 7.11 Å². The summed E-state index contributed by atoms with van der Waals surface area (Å²) in [5.41, 5.74) is -0.503. The van der Waals surface area contributed by atoms with Crippen LogP contribution in [0.4, 0.5) is 0 Å². The lowest BCUT2D eigenvalue weighted by Crippen LogP contribution is -2.58. The molecule has 2 unspecified atom stereocenters. The molecule has 0 radical (unpaired) electrons. The quantitative estimate of drug-likeness (QED) is 0.785. The Morgan fingerprint density at radius 2 is 2.00 bits per heavy atom. The zero-order valence-electron chi connectivity index (χ0n) is 13.0. The molecule has 1 aliphatic carbocycles. The van der Waals surface area contributed by atoms with E-state index >= 15 is 0 Å². The minimum absolute atomic E-state index is 0.120. The first-order valence-corrected chi connectivity index (χ1v) is 7.70. The molecule has 2 atom stereocenters. The van der Waals surface area contributed by atoms with E-state index in [1.54, 1.807) is 0 Å². The van der Waals surface area contributed by atoms with Gasteiger partial charge in [-0.1, -0.05) is 0 Å². The Labute approximate surface area is 122 Å². The Morgan fingerprint density at radius 1 is 1.30 bits per heavy atom. The maximum atomic E-state index is 12.1. The number of rotatable bonds is 4. The van der Waals surface area contributed by atoms with E-state index in [4.69, 9.17) is 9.47 Å². The smallest absolute Gasteiger partial charge is 0.326 e. The van der Waals surface area contributed by atoms with Crippen LogP contribution in [0.3, 0.4) is 0 Å². The molecular weight excluding hydrogens is 256 g/mol. The van der Waals surface area contributed by atoms with E-state index in [2.05, 4.69) is 17.3 Å². The van der Waals surface area contributed by atoms with Crippen molar-refractivity contribution in [2.75, 3.05) is 34.4 Å². The molecule has 2 rings (SSSR count). The highest BCUT2D eigenvalue weighted by Gasteiger charge is 2.44. The maximum absolute atomic E-state index is 12.1. The Morgan fingerprint density at radius 3 is 2.60 bits per heavy atom. The van der Waals surface area contributed by atoms with Gasteiger partial charge < -0.3 is 19.7 Å². The molecule has 1 heterocycles. The molecule has 0 spiro atoms. The molecular formula is C15H28N2O3. The Kier molecular flexibility index (Phi) is 5.41. The molecule has 0 aromatic carbocycles. The van der Waals surface area contributed by atoms with Gasteiger partial charge in [-0.2, -0.15) is 0 Å². The van der Waals surface area contributed by atoms with E-state index in [0.717, 1.165) is 51.7 Å². The van der Waals surface area contributed by atoms with E-state index in [9.17, 15) is 4.79 Å². The molecule has 116 valence electrons. The van der Waals surface area contributed by atoms with Crippen molar-refractivity contribution in [2.24, 2.45) is 0 Å². The highest BCUT2D eigenvalue weighted by molar-refractivity contribution is 5.81. The van der Waals surface area contributed by atoms with Crippen LogP contribution >= 0.6 is 0 Å². The van der Waals surface area contributed by atoms with E-state index in [1.807, 2.05) is 7.05 Å². The summed E-state index contributed by atoms with van der Waals surface area (Å²) in [5, 5.41) is 3.23. The Hall–Kier alpha value is -0.650. The second kappa shape index (κ2) is 6.87. The summed E-state index contributed by atoms with van der Waals surface area (Å²) in [4.78, 5) is 14.6. The molecule has 5 heteroatoms. The summed E-state index contributed by atoms with van der Waals surface area (Å²) in [7, 11) is 5.55. The third-order valence-corrected chi connectivity index (χ3v) is 5.12. The Bertz CT molecular complexity index is 331. The zero-order chi connectivity index (χ0) is 14.6. The van der Waals surface area contributed by atoms with Gasteiger partial charge in [0.15, 0.2) is 0 Å². The number of esters is 1. The van der Waals surface area contributed by atoms with E-state index in [-0.39, 0.29) is 5.97 Å². The molecule has 1 saturated heterocycles. The third kappa shape index (κ3) is 3.15. The van der Waals surface area contributed by atoms with Gasteiger partial charge in [0, 0.05) is 25.3 Å². The first-order chi connectivity index (χ1) is 9.63. The summed E-state index contributed by atoms with van der Waals surface area (Å²) in [6, 6.07) is 1.03. The topological polar surface area (TPSA) is 50.8 Å². The molecule has 2 fully saturated rings. The SMILES string of the molecule is CNC1(C(=O)OC)CCCC(N(C)C2CCOCC2)C1. The fourth-order valence-corrected chi connectivity index (χ4v) is 3.69.